The van der Waals surface area contributed by atoms with Crippen LogP contribution in [-0.4, -0.2) is 12.9 Å². The van der Waals surface area contributed by atoms with Crippen molar-refractivity contribution in [1.82, 2.24) is 0 Å². The van der Waals surface area contributed by atoms with Gasteiger partial charge in [0.25, 0.3) is 0 Å². The van der Waals surface area contributed by atoms with Crippen LogP contribution in [0.4, 0.5) is 0 Å². The lowest BCUT2D eigenvalue weighted by molar-refractivity contribution is 0.111. The zero-order valence-corrected chi connectivity index (χ0v) is 11.3. The summed E-state index contributed by atoms with van der Waals surface area (Å²) >= 11 is 3.37. The van der Waals surface area contributed by atoms with Gasteiger partial charge < -0.3 is 4.74 Å². The topological polar surface area (TPSA) is 26.3 Å². The Morgan fingerprint density at radius 2 is 2.12 bits per heavy atom. The number of benzene rings is 1. The monoisotopic (exact) mass is 284 g/mol. The van der Waals surface area contributed by atoms with Crippen molar-refractivity contribution in [2.24, 2.45) is 0 Å². The smallest absolute Gasteiger partial charge is 0.153 e. The lowest BCUT2D eigenvalue weighted by atomic mass is 10.1. The molecular weight excluding hydrogens is 268 g/mol. The number of carbonyl (C=O) groups excluding carboxylic acids is 1. The van der Waals surface area contributed by atoms with Crippen molar-refractivity contribution < 1.29 is 9.53 Å². The van der Waals surface area contributed by atoms with E-state index >= 15 is 0 Å². The van der Waals surface area contributed by atoms with Crippen molar-refractivity contribution >= 4 is 22.2 Å². The summed E-state index contributed by atoms with van der Waals surface area (Å²) in [5.74, 6) is 0.717. The number of aldehydes is 1. The van der Waals surface area contributed by atoms with Crippen LogP contribution in [0, 0.1) is 6.92 Å². The van der Waals surface area contributed by atoms with E-state index in [1.54, 1.807) is 6.07 Å². The molecule has 0 unspecified atom stereocenters. The summed E-state index contributed by atoms with van der Waals surface area (Å²) in [5.41, 5.74) is 1.61. The maximum atomic E-state index is 10.9. The highest BCUT2D eigenvalue weighted by molar-refractivity contribution is 9.10. The summed E-state index contributed by atoms with van der Waals surface area (Å²) in [7, 11) is 0. The van der Waals surface area contributed by atoms with Crippen LogP contribution in [0.3, 0.4) is 0 Å². The fourth-order valence-electron chi connectivity index (χ4n) is 1.57. The lowest BCUT2D eigenvalue weighted by Crippen LogP contribution is -2.01. The minimum atomic E-state index is 0.614. The van der Waals surface area contributed by atoms with Gasteiger partial charge in [0, 0.05) is 4.47 Å². The molecule has 2 nitrogen and oxygen atoms in total. The van der Waals surface area contributed by atoms with Crippen LogP contribution >= 0.6 is 15.9 Å². The molecule has 0 radical (unpaired) electrons. The standard InChI is InChI=1S/C13H17BrO2/c1-3-4-5-6-16-13-10(2)7-12(14)8-11(13)9-15/h7-9H,3-6H2,1-2H3. The first-order chi connectivity index (χ1) is 7.69. The molecule has 0 amide bonds. The Morgan fingerprint density at radius 3 is 2.75 bits per heavy atom. The molecule has 0 saturated heterocycles. The summed E-state index contributed by atoms with van der Waals surface area (Å²) in [5, 5.41) is 0. The van der Waals surface area contributed by atoms with Gasteiger partial charge in [-0.15, -0.1) is 0 Å². The quantitative estimate of drug-likeness (QED) is 0.580. The van der Waals surface area contributed by atoms with Crippen molar-refractivity contribution in [2.75, 3.05) is 6.61 Å². The van der Waals surface area contributed by atoms with Gasteiger partial charge in [-0.25, -0.2) is 0 Å². The average molecular weight is 285 g/mol. The van der Waals surface area contributed by atoms with Gasteiger partial charge in [0.05, 0.1) is 12.2 Å². The highest BCUT2D eigenvalue weighted by atomic mass is 79.9. The van der Waals surface area contributed by atoms with Crippen LogP contribution in [0.1, 0.15) is 42.1 Å². The van der Waals surface area contributed by atoms with Gasteiger partial charge >= 0.3 is 0 Å². The second-order valence-corrected chi connectivity index (χ2v) is 4.73. The van der Waals surface area contributed by atoms with Gasteiger partial charge in [-0.2, -0.15) is 0 Å². The number of hydrogen-bond acceptors (Lipinski definition) is 2. The number of rotatable bonds is 6. The second-order valence-electron chi connectivity index (χ2n) is 3.81. The summed E-state index contributed by atoms with van der Waals surface area (Å²) in [4.78, 5) is 10.9. The van der Waals surface area contributed by atoms with E-state index in [1.165, 1.54) is 6.42 Å². The van der Waals surface area contributed by atoms with Gasteiger partial charge in [0.1, 0.15) is 5.75 Å². The van der Waals surface area contributed by atoms with Crippen molar-refractivity contribution in [3.05, 3.63) is 27.7 Å². The van der Waals surface area contributed by atoms with Crippen molar-refractivity contribution in [2.45, 2.75) is 33.1 Å². The van der Waals surface area contributed by atoms with Crippen molar-refractivity contribution in [1.29, 1.82) is 0 Å². The molecule has 16 heavy (non-hydrogen) atoms. The number of halogens is 1. The molecule has 0 aliphatic heterocycles. The molecule has 0 saturated carbocycles. The summed E-state index contributed by atoms with van der Waals surface area (Å²) in [6.45, 7) is 4.78. The van der Waals surface area contributed by atoms with Gasteiger partial charge in [-0.05, 0) is 31.0 Å². The van der Waals surface area contributed by atoms with E-state index < -0.39 is 0 Å². The molecule has 3 heteroatoms. The van der Waals surface area contributed by atoms with E-state index in [0.717, 1.165) is 29.2 Å². The Morgan fingerprint density at radius 1 is 1.38 bits per heavy atom. The Kier molecular flexibility index (Phi) is 5.53. The van der Waals surface area contributed by atoms with E-state index in [1.807, 2.05) is 13.0 Å². The zero-order valence-electron chi connectivity index (χ0n) is 9.75. The lowest BCUT2D eigenvalue weighted by Gasteiger charge is -2.11. The highest BCUT2D eigenvalue weighted by Gasteiger charge is 2.08. The Bertz CT molecular complexity index is 361. The van der Waals surface area contributed by atoms with Gasteiger partial charge in [0.2, 0.25) is 0 Å². The summed E-state index contributed by atoms with van der Waals surface area (Å²) in [6.07, 6.45) is 4.20. The molecule has 0 bridgehead atoms. The SMILES string of the molecule is CCCCCOc1c(C)cc(Br)cc1C=O. The fraction of sp³-hybridized carbons (Fsp3) is 0.462. The van der Waals surface area contributed by atoms with Crippen LogP contribution in [-0.2, 0) is 0 Å². The largest absolute Gasteiger partial charge is 0.493 e. The molecule has 1 aromatic rings. The van der Waals surface area contributed by atoms with Crippen LogP contribution < -0.4 is 4.74 Å². The highest BCUT2D eigenvalue weighted by Crippen LogP contribution is 2.27. The first kappa shape index (κ1) is 13.2. The predicted octanol–water partition coefficient (Wildman–Crippen LogP) is 4.14. The van der Waals surface area contributed by atoms with E-state index in [4.69, 9.17) is 4.74 Å². The third kappa shape index (κ3) is 3.63. The third-order valence-corrected chi connectivity index (χ3v) is 2.85. The average Bonchev–Trinajstić information content (AvgIpc) is 2.26. The Labute approximate surface area is 105 Å². The van der Waals surface area contributed by atoms with Crippen LogP contribution in [0.25, 0.3) is 0 Å². The molecule has 0 atom stereocenters. The first-order valence-electron chi connectivity index (χ1n) is 5.57. The molecule has 0 aliphatic carbocycles. The predicted molar refractivity (Wildman–Crippen MR) is 69.3 cm³/mol. The maximum Gasteiger partial charge on any atom is 0.153 e. The van der Waals surface area contributed by atoms with Crippen molar-refractivity contribution in [3.8, 4) is 5.75 Å². The number of unbranched alkanes of at least 4 members (excludes halogenated alkanes) is 2. The molecule has 0 heterocycles. The number of hydrogen-bond donors (Lipinski definition) is 0. The molecule has 0 fully saturated rings. The number of carbonyl (C=O) groups is 1. The normalized spacial score (nSPS) is 10.2. The van der Waals surface area contributed by atoms with Gasteiger partial charge in [-0.1, -0.05) is 35.7 Å². The molecule has 0 aromatic heterocycles. The van der Waals surface area contributed by atoms with Gasteiger partial charge in [-0.3, -0.25) is 4.79 Å². The summed E-state index contributed by atoms with van der Waals surface area (Å²) < 4.78 is 6.57. The number of ether oxygens (including phenoxy) is 1. The maximum absolute atomic E-state index is 10.9. The molecule has 0 aliphatic rings. The molecule has 0 spiro atoms. The molecule has 1 aromatic carbocycles. The molecule has 1 rings (SSSR count). The minimum Gasteiger partial charge on any atom is -0.493 e. The first-order valence-corrected chi connectivity index (χ1v) is 6.36. The second kappa shape index (κ2) is 6.69. The van der Waals surface area contributed by atoms with Gasteiger partial charge in [0.15, 0.2) is 6.29 Å². The summed E-state index contributed by atoms with van der Waals surface area (Å²) in [6, 6.07) is 3.75. The van der Waals surface area contributed by atoms with Crippen LogP contribution in [0.2, 0.25) is 0 Å². The van der Waals surface area contributed by atoms with Crippen molar-refractivity contribution in [3.63, 3.8) is 0 Å². The minimum absolute atomic E-state index is 0.614. The van der Waals surface area contributed by atoms with E-state index in [-0.39, 0.29) is 0 Å². The Balaban J connectivity index is 2.74. The zero-order chi connectivity index (χ0) is 12.0. The van der Waals surface area contributed by atoms with E-state index in [9.17, 15) is 4.79 Å². The molecule has 88 valence electrons. The molecular formula is C13H17BrO2. The Hall–Kier alpha value is -0.830. The third-order valence-electron chi connectivity index (χ3n) is 2.39. The fourth-order valence-corrected chi connectivity index (χ4v) is 2.16. The number of aryl methyl sites for hydroxylation is 1. The van der Waals surface area contributed by atoms with Crippen LogP contribution in [0.15, 0.2) is 16.6 Å². The van der Waals surface area contributed by atoms with E-state index in [2.05, 4.69) is 22.9 Å². The molecule has 0 N–H and O–H groups in total. The van der Waals surface area contributed by atoms with E-state index in [0.29, 0.717) is 17.9 Å². The van der Waals surface area contributed by atoms with Crippen LogP contribution in [0.5, 0.6) is 5.75 Å².